The summed E-state index contributed by atoms with van der Waals surface area (Å²) < 4.78 is 11.9. The van der Waals surface area contributed by atoms with E-state index in [4.69, 9.17) is 14.3 Å². The van der Waals surface area contributed by atoms with Crippen LogP contribution in [0.25, 0.3) is 0 Å². The molecule has 6 heteroatoms. The molecule has 1 unspecified atom stereocenters. The van der Waals surface area contributed by atoms with Crippen molar-refractivity contribution >= 4 is 12.1 Å². The standard InChI is InChI=1S/C24H27NO2.C3H8.CH4N2O/c1-17-9-8-12-22(25-3)21(17)16-27-23-14-13-20(15-18(23)2)24(26-4)19-10-6-5-7-11-19;1-3-2;2-3-1-4/h5-15,24-25H,16H2,1-4H3;3H2,1-2H3;1H,2H2,(H,3,4). The molecule has 184 valence electrons. The highest BCUT2D eigenvalue weighted by Gasteiger charge is 2.15. The molecule has 1 amide bonds. The van der Waals surface area contributed by atoms with Crippen molar-refractivity contribution in [2.75, 3.05) is 19.5 Å². The largest absolute Gasteiger partial charge is 0.489 e. The number of carbonyl (C=O) groups is 1. The van der Waals surface area contributed by atoms with Crippen molar-refractivity contribution in [2.45, 2.75) is 46.8 Å². The number of nitrogens with two attached hydrogens (primary N) is 1. The van der Waals surface area contributed by atoms with Crippen LogP contribution in [0.4, 0.5) is 5.69 Å². The second-order valence-corrected chi connectivity index (χ2v) is 7.68. The minimum Gasteiger partial charge on any atom is -0.489 e. The zero-order valence-corrected chi connectivity index (χ0v) is 21.2. The third kappa shape index (κ3) is 8.89. The van der Waals surface area contributed by atoms with Gasteiger partial charge in [-0.1, -0.05) is 68.8 Å². The Balaban J connectivity index is 0.000000732. The van der Waals surface area contributed by atoms with Gasteiger partial charge in [0.1, 0.15) is 18.5 Å². The van der Waals surface area contributed by atoms with Crippen LogP contribution in [-0.4, -0.2) is 20.6 Å². The molecule has 0 aliphatic heterocycles. The van der Waals surface area contributed by atoms with E-state index in [1.54, 1.807) is 12.5 Å². The Bertz CT molecular complexity index is 978. The first-order chi connectivity index (χ1) is 16.5. The Hall–Kier alpha value is -3.35. The van der Waals surface area contributed by atoms with Crippen molar-refractivity contribution in [1.29, 1.82) is 0 Å². The zero-order valence-electron chi connectivity index (χ0n) is 21.2. The Morgan fingerprint density at radius 1 is 0.941 bits per heavy atom. The van der Waals surface area contributed by atoms with E-state index >= 15 is 0 Å². The minimum absolute atomic E-state index is 0.0776. The topological polar surface area (TPSA) is 85.6 Å². The molecule has 34 heavy (non-hydrogen) atoms. The van der Waals surface area contributed by atoms with Crippen LogP contribution in [0.2, 0.25) is 0 Å². The van der Waals surface area contributed by atoms with E-state index < -0.39 is 0 Å². The summed E-state index contributed by atoms with van der Waals surface area (Å²) in [5, 5.41) is 3.24. The lowest BCUT2D eigenvalue weighted by atomic mass is 9.99. The number of hydrazine groups is 1. The SMILES string of the molecule is CCC.CNc1cccc(C)c1COc1ccc(C(OC)c2ccccc2)cc1C.NNC=O. The first-order valence-corrected chi connectivity index (χ1v) is 11.4. The lowest BCUT2D eigenvalue weighted by Crippen LogP contribution is -2.18. The average Bonchev–Trinajstić information content (AvgIpc) is 2.86. The molecule has 0 aromatic heterocycles. The number of hydrogen-bond donors (Lipinski definition) is 3. The molecule has 0 bridgehead atoms. The number of nitrogens with one attached hydrogen (secondary N) is 2. The molecule has 0 aliphatic carbocycles. The predicted molar refractivity (Wildman–Crippen MR) is 141 cm³/mol. The van der Waals surface area contributed by atoms with E-state index in [0.29, 0.717) is 13.0 Å². The molecule has 3 aromatic carbocycles. The van der Waals surface area contributed by atoms with Crippen LogP contribution in [0.3, 0.4) is 0 Å². The van der Waals surface area contributed by atoms with Gasteiger partial charge in [0.15, 0.2) is 0 Å². The fraction of sp³-hybridized carbons (Fsp3) is 0.321. The lowest BCUT2D eigenvalue weighted by molar-refractivity contribution is -0.109. The van der Waals surface area contributed by atoms with E-state index in [1.807, 2.05) is 31.3 Å². The highest BCUT2D eigenvalue weighted by atomic mass is 16.5. The van der Waals surface area contributed by atoms with Gasteiger partial charge in [0.2, 0.25) is 6.41 Å². The maximum atomic E-state index is 8.94. The molecular formula is C28H39N3O3. The van der Waals surface area contributed by atoms with Gasteiger partial charge in [0, 0.05) is 25.4 Å². The first-order valence-electron chi connectivity index (χ1n) is 11.4. The van der Waals surface area contributed by atoms with Crippen LogP contribution in [0.1, 0.15) is 54.2 Å². The average molecular weight is 466 g/mol. The van der Waals surface area contributed by atoms with Gasteiger partial charge in [-0.15, -0.1) is 0 Å². The van der Waals surface area contributed by atoms with Crippen molar-refractivity contribution in [3.8, 4) is 5.75 Å². The fourth-order valence-corrected chi connectivity index (χ4v) is 3.37. The summed E-state index contributed by atoms with van der Waals surface area (Å²) in [4.78, 5) is 8.94. The highest BCUT2D eigenvalue weighted by molar-refractivity contribution is 5.54. The number of ether oxygens (including phenoxy) is 2. The van der Waals surface area contributed by atoms with E-state index in [-0.39, 0.29) is 6.10 Å². The summed E-state index contributed by atoms with van der Waals surface area (Å²) in [6.07, 6.45) is 1.58. The number of hydrogen-bond acceptors (Lipinski definition) is 5. The van der Waals surface area contributed by atoms with Gasteiger partial charge in [0.25, 0.3) is 0 Å². The van der Waals surface area contributed by atoms with Crippen LogP contribution < -0.4 is 21.3 Å². The lowest BCUT2D eigenvalue weighted by Gasteiger charge is -2.19. The summed E-state index contributed by atoms with van der Waals surface area (Å²) in [6.45, 7) is 8.97. The van der Waals surface area contributed by atoms with Gasteiger partial charge in [-0.3, -0.25) is 10.2 Å². The summed E-state index contributed by atoms with van der Waals surface area (Å²) in [6, 6.07) is 22.8. The molecule has 0 saturated heterocycles. The molecule has 3 rings (SSSR count). The molecule has 0 fully saturated rings. The van der Waals surface area contributed by atoms with E-state index in [9.17, 15) is 0 Å². The van der Waals surface area contributed by atoms with Crippen LogP contribution in [0.15, 0.2) is 66.7 Å². The quantitative estimate of drug-likeness (QED) is 0.172. The monoisotopic (exact) mass is 465 g/mol. The molecule has 0 radical (unpaired) electrons. The third-order valence-electron chi connectivity index (χ3n) is 4.96. The van der Waals surface area contributed by atoms with Gasteiger partial charge >= 0.3 is 0 Å². The van der Waals surface area contributed by atoms with Crippen molar-refractivity contribution < 1.29 is 14.3 Å². The minimum atomic E-state index is -0.0776. The van der Waals surface area contributed by atoms with Crippen molar-refractivity contribution in [2.24, 2.45) is 5.84 Å². The second-order valence-electron chi connectivity index (χ2n) is 7.68. The van der Waals surface area contributed by atoms with Crippen LogP contribution >= 0.6 is 0 Å². The molecule has 6 nitrogen and oxygen atoms in total. The van der Waals surface area contributed by atoms with Crippen molar-refractivity contribution in [3.63, 3.8) is 0 Å². The number of amides is 1. The molecule has 4 N–H and O–H groups in total. The van der Waals surface area contributed by atoms with Gasteiger partial charge in [-0.2, -0.15) is 0 Å². The number of carbonyl (C=O) groups excluding carboxylic acids is 1. The summed E-state index contributed by atoms with van der Waals surface area (Å²) in [7, 11) is 3.68. The van der Waals surface area contributed by atoms with Gasteiger partial charge in [0.05, 0.1) is 0 Å². The first kappa shape index (κ1) is 28.7. The van der Waals surface area contributed by atoms with E-state index in [2.05, 4.69) is 81.3 Å². The molecule has 1 atom stereocenters. The zero-order chi connectivity index (χ0) is 25.3. The van der Waals surface area contributed by atoms with Gasteiger partial charge in [-0.25, -0.2) is 5.84 Å². The van der Waals surface area contributed by atoms with Crippen LogP contribution in [0, 0.1) is 13.8 Å². The Morgan fingerprint density at radius 2 is 1.59 bits per heavy atom. The Labute approximate surface area is 204 Å². The number of methoxy groups -OCH3 is 1. The molecule has 3 aromatic rings. The Kier molecular flexibility index (Phi) is 13.7. The van der Waals surface area contributed by atoms with Crippen LogP contribution in [-0.2, 0) is 16.1 Å². The molecule has 0 aliphatic rings. The summed E-state index contributed by atoms with van der Waals surface area (Å²) in [5.74, 6) is 5.31. The smallest absolute Gasteiger partial charge is 0.221 e. The molecule has 0 heterocycles. The van der Waals surface area contributed by atoms with E-state index in [0.717, 1.165) is 28.1 Å². The predicted octanol–water partition coefficient (Wildman–Crippen LogP) is 5.68. The van der Waals surface area contributed by atoms with Gasteiger partial charge in [-0.05, 0) is 54.3 Å². The van der Waals surface area contributed by atoms with Crippen LogP contribution in [0.5, 0.6) is 5.75 Å². The number of anilines is 1. The second kappa shape index (κ2) is 16.3. The fourth-order valence-electron chi connectivity index (χ4n) is 3.37. The molecule has 0 saturated carbocycles. The van der Waals surface area contributed by atoms with Crippen molar-refractivity contribution in [1.82, 2.24) is 5.43 Å². The van der Waals surface area contributed by atoms with Gasteiger partial charge < -0.3 is 14.8 Å². The summed E-state index contributed by atoms with van der Waals surface area (Å²) >= 11 is 0. The molecule has 0 spiro atoms. The normalized spacial score (nSPS) is 10.6. The van der Waals surface area contributed by atoms with Crippen molar-refractivity contribution in [3.05, 3.63) is 94.5 Å². The summed E-state index contributed by atoms with van der Waals surface area (Å²) in [5.41, 5.74) is 8.63. The molecular weight excluding hydrogens is 426 g/mol. The maximum Gasteiger partial charge on any atom is 0.221 e. The number of rotatable bonds is 8. The third-order valence-corrected chi connectivity index (χ3v) is 4.96. The highest BCUT2D eigenvalue weighted by Crippen LogP contribution is 2.30. The maximum absolute atomic E-state index is 8.94. The number of benzene rings is 3. The van der Waals surface area contributed by atoms with E-state index in [1.165, 1.54) is 17.5 Å². The Morgan fingerprint density at radius 3 is 2.12 bits per heavy atom. The number of aryl methyl sites for hydroxylation is 2.